The Morgan fingerprint density at radius 2 is 0.939 bits per heavy atom. The minimum absolute atomic E-state index is 0.324. The Morgan fingerprint density at radius 1 is 0.461 bits per heavy atom. The van der Waals surface area contributed by atoms with E-state index in [-0.39, 0.29) is 5.82 Å². The number of nitrogens with zero attached hydrogens (tertiary/aromatic N) is 10. The summed E-state index contributed by atoms with van der Waals surface area (Å²) in [5.74, 6) is 3.95. The predicted molar refractivity (Wildman–Crippen MR) is 453 cm³/mol. The van der Waals surface area contributed by atoms with Gasteiger partial charge >= 0.3 is 0 Å². The van der Waals surface area contributed by atoms with Crippen molar-refractivity contribution in [3.8, 4) is 109 Å². The Morgan fingerprint density at radius 3 is 1.47 bits per heavy atom. The van der Waals surface area contributed by atoms with Crippen LogP contribution in [0.25, 0.3) is 105 Å². The number of thiazole rings is 1. The van der Waals surface area contributed by atoms with Gasteiger partial charge in [0.25, 0.3) is 0 Å². The maximum absolute atomic E-state index is 13.4. The van der Waals surface area contributed by atoms with Crippen LogP contribution in [0.15, 0.2) is 273 Å². The van der Waals surface area contributed by atoms with Crippen LogP contribution in [0.2, 0.25) is 0 Å². The highest BCUT2D eigenvalue weighted by Crippen LogP contribution is 2.39. The second-order valence-corrected chi connectivity index (χ2v) is 27.4. The Labute approximate surface area is 668 Å². The van der Waals surface area contributed by atoms with E-state index in [0.29, 0.717) is 39.9 Å². The van der Waals surface area contributed by atoms with Gasteiger partial charge in [-0.3, -0.25) is 4.79 Å². The van der Waals surface area contributed by atoms with Gasteiger partial charge in [0.15, 0.2) is 0 Å². The summed E-state index contributed by atoms with van der Waals surface area (Å²) in [4.78, 5) is 16.7. The summed E-state index contributed by atoms with van der Waals surface area (Å²) in [6.45, 7) is 7.29. The molecule has 1 amide bonds. The molecule has 0 bridgehead atoms. The molecule has 6 aromatic heterocycles. The quantitative estimate of drug-likeness (QED) is 0.0952. The van der Waals surface area contributed by atoms with Crippen LogP contribution < -0.4 is 34.2 Å². The summed E-state index contributed by atoms with van der Waals surface area (Å²) in [6, 6.07) is 87.7. The molecule has 0 unspecified atom stereocenters. The van der Waals surface area contributed by atoms with Crippen molar-refractivity contribution in [1.29, 1.82) is 21.0 Å². The van der Waals surface area contributed by atoms with Gasteiger partial charge in [0, 0.05) is 110 Å². The fourth-order valence-corrected chi connectivity index (χ4v) is 14.7. The molecule has 115 heavy (non-hydrogen) atoms. The van der Waals surface area contributed by atoms with Gasteiger partial charge in [0.1, 0.15) is 76.2 Å². The first kappa shape index (κ1) is 78.0. The van der Waals surface area contributed by atoms with Gasteiger partial charge in [0.2, 0.25) is 5.91 Å². The molecular weight excluding hydrogens is 1460 g/mol. The number of nitriles is 4. The van der Waals surface area contributed by atoms with Crippen LogP contribution in [-0.2, 0) is 20.2 Å². The fourth-order valence-electron chi connectivity index (χ4n) is 13.9. The van der Waals surface area contributed by atoms with Gasteiger partial charge in [0.05, 0.1) is 102 Å². The molecule has 568 valence electrons. The third-order valence-electron chi connectivity index (χ3n) is 19.7. The summed E-state index contributed by atoms with van der Waals surface area (Å²) < 4.78 is 55.6. The van der Waals surface area contributed by atoms with Crippen molar-refractivity contribution >= 4 is 71.8 Å². The van der Waals surface area contributed by atoms with Gasteiger partial charge in [-0.25, -0.2) is 9.37 Å². The highest BCUT2D eigenvalue weighted by molar-refractivity contribution is 7.13. The maximum atomic E-state index is 13.4. The van der Waals surface area contributed by atoms with E-state index in [9.17, 15) is 30.2 Å². The molecule has 18 nitrogen and oxygen atoms in total. The summed E-state index contributed by atoms with van der Waals surface area (Å²) in [6.07, 6.45) is 5.66. The van der Waals surface area contributed by atoms with E-state index in [1.807, 2.05) is 212 Å². The molecule has 17 rings (SSSR count). The van der Waals surface area contributed by atoms with Crippen molar-refractivity contribution in [3.05, 3.63) is 323 Å². The van der Waals surface area contributed by atoms with E-state index < -0.39 is 5.91 Å². The number of halogens is 1. The molecule has 11 aromatic carbocycles. The zero-order valence-electron chi connectivity index (χ0n) is 64.6. The predicted octanol–water partition coefficient (Wildman–Crippen LogP) is 21.2. The lowest BCUT2D eigenvalue weighted by Gasteiger charge is -2.10. The summed E-state index contributed by atoms with van der Waals surface area (Å²) in [5, 5.41) is 45.2. The Hall–Kier alpha value is -15.1. The van der Waals surface area contributed by atoms with E-state index in [0.717, 1.165) is 146 Å². The molecule has 0 fully saturated rings. The van der Waals surface area contributed by atoms with Crippen LogP contribution >= 0.6 is 11.3 Å². The highest BCUT2D eigenvalue weighted by Gasteiger charge is 2.22. The zero-order chi connectivity index (χ0) is 80.8. The minimum atomic E-state index is -0.452. The Kier molecular flexibility index (Phi) is 24.0. The molecule has 0 spiro atoms. The van der Waals surface area contributed by atoms with E-state index >= 15 is 0 Å². The summed E-state index contributed by atoms with van der Waals surface area (Å²) >= 11 is 1.60. The molecule has 0 saturated carbocycles. The van der Waals surface area contributed by atoms with Gasteiger partial charge in [-0.05, 0) is 184 Å². The van der Waals surface area contributed by atoms with Crippen molar-refractivity contribution < 1.29 is 37.6 Å². The number of benzene rings is 11. The van der Waals surface area contributed by atoms with Crippen molar-refractivity contribution in [2.45, 2.75) is 33.9 Å². The monoisotopic (exact) mass is 1540 g/mol. The van der Waals surface area contributed by atoms with Crippen LogP contribution in [0.1, 0.15) is 56.4 Å². The number of fused-ring (bicyclic) bond motifs is 5. The average molecular weight is 1540 g/mol. The first-order valence-corrected chi connectivity index (χ1v) is 37.4. The van der Waals surface area contributed by atoms with Gasteiger partial charge in [-0.1, -0.05) is 90.5 Å². The van der Waals surface area contributed by atoms with Crippen molar-refractivity contribution in [1.82, 2.24) is 27.8 Å². The molecule has 0 aliphatic carbocycles. The molecule has 17 aromatic rings. The van der Waals surface area contributed by atoms with Crippen molar-refractivity contribution in [2.24, 2.45) is 12.8 Å². The van der Waals surface area contributed by atoms with E-state index in [4.69, 9.17) is 39.1 Å². The smallest absolute Gasteiger partial charge is 0.248 e. The topological polar surface area (TPSA) is 231 Å². The van der Waals surface area contributed by atoms with Crippen LogP contribution in [-0.4, -0.2) is 69.3 Å². The number of methoxy groups -OCH3 is 5. The van der Waals surface area contributed by atoms with E-state index in [2.05, 4.69) is 101 Å². The van der Waals surface area contributed by atoms with Crippen LogP contribution in [0.4, 0.5) is 4.39 Å². The third-order valence-corrected chi connectivity index (χ3v) is 20.5. The normalized spacial score (nSPS) is 10.6. The Bertz CT molecular complexity index is 6430. The molecular formula is C95H78FN11O7S. The first-order valence-electron chi connectivity index (χ1n) is 36.6. The van der Waals surface area contributed by atoms with Gasteiger partial charge < -0.3 is 57.0 Å². The van der Waals surface area contributed by atoms with Gasteiger partial charge in [-0.2, -0.15) is 21.0 Å². The maximum Gasteiger partial charge on any atom is 0.248 e. The number of para-hydroxylation sites is 1. The highest BCUT2D eigenvalue weighted by atomic mass is 32.1. The number of aryl methyl sites for hydroxylation is 4. The van der Waals surface area contributed by atoms with Crippen molar-refractivity contribution in [2.75, 3.05) is 35.5 Å². The fraction of sp³-hybridized carbons (Fsp3) is 0.116. The second-order valence-electron chi connectivity index (χ2n) is 26.5. The molecule has 0 aliphatic heterocycles. The second kappa shape index (κ2) is 35.3. The number of ether oxygens (including phenoxy) is 6. The van der Waals surface area contributed by atoms with Crippen molar-refractivity contribution in [3.63, 3.8) is 0 Å². The van der Waals surface area contributed by atoms with Crippen LogP contribution in [0.3, 0.4) is 0 Å². The zero-order valence-corrected chi connectivity index (χ0v) is 65.4. The lowest BCUT2D eigenvalue weighted by atomic mass is 10.0. The van der Waals surface area contributed by atoms with E-state index in [1.54, 1.807) is 69.8 Å². The molecule has 0 saturated heterocycles. The molecule has 0 atom stereocenters. The third kappa shape index (κ3) is 16.7. The molecule has 20 heteroatoms. The van der Waals surface area contributed by atoms with E-state index in [1.165, 1.54) is 23.3 Å². The largest absolute Gasteiger partial charge is 0.497 e. The number of hydrogen-bond donors (Lipinski definition) is 1. The number of primary amides is 1. The number of carbonyl (C=O) groups is 1. The summed E-state index contributed by atoms with van der Waals surface area (Å²) in [5.41, 5.74) is 24.3. The van der Waals surface area contributed by atoms with Crippen LogP contribution in [0, 0.1) is 65.0 Å². The number of rotatable bonds is 16. The first-order chi connectivity index (χ1) is 56.0. The molecule has 0 aliphatic rings. The average Bonchev–Trinajstić information content (AvgIpc) is 1.56. The number of aromatic nitrogens is 6. The minimum Gasteiger partial charge on any atom is -0.497 e. The number of carbonyl (C=O) groups excluding carboxylic acids is 1. The molecule has 6 heterocycles. The Balaban J connectivity index is 0.000000127. The standard InChI is InChI=1S/C25H19N3O2S.C19H18N2O2.C18H16N2O.C17H14N2O.C16H11FN2O/c1-30-19-10-8-18(9-11-19)28-14-21(20-12-7-17(24(26)29)13-23(20)28)25-27-22(15-31-25)16-5-3-2-4-6-16;1-3-21-18-11-15(22-2)9-10-16(18)17(12-20)19(21)13-23-14-7-5-4-6-8-14;1-12-5-4-6-13(9-12)18-16(11-19)15-8-7-14(21-3)10-17(15)20(18)2;1-12-3-8-16-13(10-18)11-19(17(16)9-12)14-4-6-15(20-2)7-5-14;1-20-14-5-3-13(4-6-14)19-10-11(9-18)15-7-2-12(17)8-16(15)19/h2-15H,1H3,(H2,26,29);4-11H,3,13H2,1-2H3;4-10H,1-3H3;3-9,11H,1-2H3;2-8,10H,1H3. The molecule has 2 N–H and O–H groups in total. The summed E-state index contributed by atoms with van der Waals surface area (Å²) in [7, 11) is 10.2. The molecule has 0 radical (unpaired) electrons. The SMILES string of the molecule is CCn1c(COc2ccccc2)c(C#N)c2ccc(OC)cc21.COc1ccc(-n2cc(-c3nc(-c4ccccc4)cs3)c3ccc(C(N)=O)cc32)cc1.COc1ccc(-n2cc(C#N)c3ccc(C)cc32)cc1.COc1ccc(-n2cc(C#N)c3ccc(F)cc32)cc1.COc1ccc2c(C#N)c(-c3cccc(C)c3)n(C)c2c1. The number of amides is 1. The lowest BCUT2D eigenvalue weighted by Crippen LogP contribution is -2.10. The lowest BCUT2D eigenvalue weighted by molar-refractivity contribution is 0.1000. The van der Waals surface area contributed by atoms with Gasteiger partial charge in [-0.15, -0.1) is 11.3 Å². The number of nitrogens with two attached hydrogens (primary N) is 1. The van der Waals surface area contributed by atoms with Crippen LogP contribution in [0.5, 0.6) is 34.5 Å². The number of hydrogen-bond acceptors (Lipinski definition) is 13.